The summed E-state index contributed by atoms with van der Waals surface area (Å²) >= 11 is 6.13. The average Bonchev–Trinajstić information content (AvgIpc) is 3.40. The fourth-order valence-corrected chi connectivity index (χ4v) is 3.61. The van der Waals surface area contributed by atoms with E-state index >= 15 is 0 Å². The minimum Gasteiger partial charge on any atom is -0.408 e. The molecule has 1 amide bonds. The van der Waals surface area contributed by atoms with E-state index in [2.05, 4.69) is 25.6 Å². The van der Waals surface area contributed by atoms with Crippen molar-refractivity contribution in [1.82, 2.24) is 35.3 Å². The van der Waals surface area contributed by atoms with Crippen LogP contribution < -0.4 is 4.90 Å². The van der Waals surface area contributed by atoms with Crippen molar-refractivity contribution in [3.63, 3.8) is 0 Å². The molecule has 0 unspecified atom stereocenters. The molecular weight excluding hydrogens is 477 g/mol. The Morgan fingerprint density at radius 2 is 1.94 bits per heavy atom. The molecule has 0 saturated carbocycles. The smallest absolute Gasteiger partial charge is 0.397 e. The van der Waals surface area contributed by atoms with Gasteiger partial charge >= 0.3 is 12.2 Å². The van der Waals surface area contributed by atoms with Gasteiger partial charge in [0, 0.05) is 37.3 Å². The second kappa shape index (κ2) is 9.79. The second-order valence-corrected chi connectivity index (χ2v) is 8.06. The van der Waals surface area contributed by atoms with Crippen LogP contribution in [0.15, 0.2) is 28.7 Å². The Labute approximate surface area is 197 Å². The fourth-order valence-electron chi connectivity index (χ4n) is 3.42. The number of halogens is 4. The number of hydrogen-bond acceptors (Lipinski definition) is 8. The van der Waals surface area contributed by atoms with E-state index in [9.17, 15) is 18.0 Å². The molecule has 2 aromatic heterocycles. The lowest BCUT2D eigenvalue weighted by Crippen LogP contribution is -2.48. The largest absolute Gasteiger partial charge is 0.408 e. The van der Waals surface area contributed by atoms with Crippen LogP contribution in [0.25, 0.3) is 6.08 Å². The zero-order chi connectivity index (χ0) is 24.3. The number of anilines is 1. The molecule has 3 heterocycles. The summed E-state index contributed by atoms with van der Waals surface area (Å²) in [6.45, 7) is 3.51. The molecule has 3 aromatic rings. The third-order valence-electron chi connectivity index (χ3n) is 5.04. The van der Waals surface area contributed by atoms with Gasteiger partial charge in [0.2, 0.25) is 11.8 Å². The number of carbonyl (C=O) groups is 1. The molecule has 34 heavy (non-hydrogen) atoms. The van der Waals surface area contributed by atoms with Crippen molar-refractivity contribution in [2.24, 2.45) is 0 Å². The van der Waals surface area contributed by atoms with Crippen molar-refractivity contribution in [3.05, 3.63) is 52.1 Å². The Morgan fingerprint density at radius 3 is 2.62 bits per heavy atom. The Bertz CT molecular complexity index is 1180. The monoisotopic (exact) mass is 496 g/mol. The quantitative estimate of drug-likeness (QED) is 0.479. The standard InChI is InChI=1S/C20H20ClF3N8O2/c1-13-25-29-32(28-13)12-15-10-16(21)4-2-14(15)3-5-18(33)30-6-8-31(9-7-30)19-27-26-17(34-19)11-20(22,23)24/h2-5,10H,6-9,11-12H2,1H3/b5-3+. The van der Waals surface area contributed by atoms with E-state index in [-0.39, 0.29) is 11.9 Å². The maximum Gasteiger partial charge on any atom is 0.397 e. The topological polar surface area (TPSA) is 106 Å². The van der Waals surface area contributed by atoms with Crippen LogP contribution >= 0.6 is 11.6 Å². The molecule has 0 bridgehead atoms. The number of rotatable bonds is 6. The van der Waals surface area contributed by atoms with Crippen LogP contribution in [0.1, 0.15) is 22.8 Å². The van der Waals surface area contributed by atoms with Gasteiger partial charge in [-0.25, -0.2) is 0 Å². The van der Waals surface area contributed by atoms with E-state index < -0.39 is 18.5 Å². The van der Waals surface area contributed by atoms with Crippen LogP contribution in [0.4, 0.5) is 19.2 Å². The number of benzene rings is 1. The molecule has 1 aromatic carbocycles. The van der Waals surface area contributed by atoms with E-state index in [0.29, 0.717) is 43.6 Å². The van der Waals surface area contributed by atoms with Gasteiger partial charge in [-0.05, 0) is 41.5 Å². The van der Waals surface area contributed by atoms with Crippen LogP contribution in [0.3, 0.4) is 0 Å². The molecular formula is C20H20ClF3N8O2. The molecule has 1 fully saturated rings. The van der Waals surface area contributed by atoms with Gasteiger partial charge < -0.3 is 14.2 Å². The van der Waals surface area contributed by atoms with Gasteiger partial charge in [-0.2, -0.15) is 18.0 Å². The maximum atomic E-state index is 12.7. The maximum absolute atomic E-state index is 12.7. The number of tetrazole rings is 1. The number of aryl methyl sites for hydroxylation is 1. The summed E-state index contributed by atoms with van der Waals surface area (Å²) in [4.78, 5) is 17.4. The van der Waals surface area contributed by atoms with Gasteiger partial charge in [0.25, 0.3) is 0 Å². The molecule has 1 aliphatic rings. The first-order valence-electron chi connectivity index (χ1n) is 10.3. The Morgan fingerprint density at radius 1 is 1.18 bits per heavy atom. The molecule has 10 nitrogen and oxygen atoms in total. The van der Waals surface area contributed by atoms with Gasteiger partial charge in [0.05, 0.1) is 6.54 Å². The Hall–Kier alpha value is -3.48. The van der Waals surface area contributed by atoms with Crippen molar-refractivity contribution < 1.29 is 22.4 Å². The highest BCUT2D eigenvalue weighted by atomic mass is 35.5. The van der Waals surface area contributed by atoms with E-state index in [1.807, 2.05) is 0 Å². The summed E-state index contributed by atoms with van der Waals surface area (Å²) in [5.41, 5.74) is 1.61. The molecule has 0 aliphatic carbocycles. The molecule has 14 heteroatoms. The number of hydrogen-bond donors (Lipinski definition) is 0. The second-order valence-electron chi connectivity index (χ2n) is 7.63. The minimum atomic E-state index is -4.42. The Balaban J connectivity index is 1.36. The van der Waals surface area contributed by atoms with E-state index in [1.54, 1.807) is 41.0 Å². The van der Waals surface area contributed by atoms with Gasteiger partial charge in [-0.15, -0.1) is 15.3 Å². The van der Waals surface area contributed by atoms with Gasteiger partial charge in [-0.3, -0.25) is 4.79 Å². The molecule has 4 rings (SSSR count). The number of aromatic nitrogens is 6. The summed E-state index contributed by atoms with van der Waals surface area (Å²) in [7, 11) is 0. The number of piperazine rings is 1. The van der Waals surface area contributed by atoms with Crippen LogP contribution in [0.5, 0.6) is 0 Å². The minimum absolute atomic E-state index is 0.0182. The molecule has 0 radical (unpaired) electrons. The van der Waals surface area contributed by atoms with Crippen LogP contribution in [0, 0.1) is 6.92 Å². The highest BCUT2D eigenvalue weighted by molar-refractivity contribution is 6.30. The third-order valence-corrected chi connectivity index (χ3v) is 5.28. The van der Waals surface area contributed by atoms with Crippen LogP contribution in [0.2, 0.25) is 5.02 Å². The predicted molar refractivity (Wildman–Crippen MR) is 115 cm³/mol. The molecule has 180 valence electrons. The molecule has 0 N–H and O–H groups in total. The van der Waals surface area contributed by atoms with Gasteiger partial charge in [0.1, 0.15) is 6.42 Å². The zero-order valence-electron chi connectivity index (χ0n) is 18.0. The van der Waals surface area contributed by atoms with Crippen molar-refractivity contribution in [1.29, 1.82) is 0 Å². The predicted octanol–water partition coefficient (Wildman–Crippen LogP) is 2.53. The highest BCUT2D eigenvalue weighted by Gasteiger charge is 2.32. The van der Waals surface area contributed by atoms with E-state index in [4.69, 9.17) is 16.0 Å². The first-order valence-corrected chi connectivity index (χ1v) is 10.7. The summed E-state index contributed by atoms with van der Waals surface area (Å²) in [5.74, 6) is -0.136. The molecule has 1 saturated heterocycles. The van der Waals surface area contributed by atoms with Gasteiger partial charge in [0.15, 0.2) is 5.82 Å². The first kappa shape index (κ1) is 23.7. The molecule has 1 aliphatic heterocycles. The van der Waals surface area contributed by atoms with Crippen molar-refractivity contribution in [2.75, 3.05) is 31.1 Å². The summed E-state index contributed by atoms with van der Waals surface area (Å²) in [5, 5.41) is 19.7. The lowest BCUT2D eigenvalue weighted by molar-refractivity contribution is -0.131. The van der Waals surface area contributed by atoms with E-state index in [1.165, 1.54) is 10.9 Å². The number of carbonyl (C=O) groups excluding carboxylic acids is 1. The zero-order valence-corrected chi connectivity index (χ0v) is 18.8. The summed E-state index contributed by atoms with van der Waals surface area (Å²) in [6, 6.07) is 5.33. The third kappa shape index (κ3) is 6.10. The van der Waals surface area contributed by atoms with Crippen molar-refractivity contribution in [3.8, 4) is 0 Å². The summed E-state index contributed by atoms with van der Waals surface area (Å²) < 4.78 is 42.5. The first-order chi connectivity index (χ1) is 16.2. The number of nitrogens with zero attached hydrogens (tertiary/aromatic N) is 8. The normalized spacial score (nSPS) is 14.9. The summed E-state index contributed by atoms with van der Waals surface area (Å²) in [6.07, 6.45) is -2.53. The van der Waals surface area contributed by atoms with Crippen LogP contribution in [-0.2, 0) is 17.8 Å². The average molecular weight is 497 g/mol. The molecule has 0 spiro atoms. The SMILES string of the molecule is Cc1nnn(Cc2cc(Cl)ccc2/C=C/C(=O)N2CCN(c3nnc(CC(F)(F)F)o3)CC2)n1. The number of amides is 1. The van der Waals surface area contributed by atoms with Crippen LogP contribution in [-0.4, -0.2) is 73.6 Å². The molecule has 0 atom stereocenters. The van der Waals surface area contributed by atoms with Crippen molar-refractivity contribution >= 4 is 29.6 Å². The van der Waals surface area contributed by atoms with E-state index in [0.717, 1.165) is 11.1 Å². The number of alkyl halides is 3. The van der Waals surface area contributed by atoms with Gasteiger partial charge in [-0.1, -0.05) is 22.8 Å². The lowest BCUT2D eigenvalue weighted by atomic mass is 10.1. The Kier molecular flexibility index (Phi) is 6.82. The fraction of sp³-hybridized carbons (Fsp3) is 0.400. The van der Waals surface area contributed by atoms with Crippen molar-refractivity contribution in [2.45, 2.75) is 26.1 Å². The highest BCUT2D eigenvalue weighted by Crippen LogP contribution is 2.23. The lowest BCUT2D eigenvalue weighted by Gasteiger charge is -2.33.